The van der Waals surface area contributed by atoms with Gasteiger partial charge >= 0.3 is 0 Å². The number of hydrogen-bond acceptors (Lipinski definition) is 5. The normalized spacial score (nSPS) is 11.9. The third-order valence-corrected chi connectivity index (χ3v) is 7.88. The van der Waals surface area contributed by atoms with E-state index in [0.29, 0.717) is 28.1 Å². The molecule has 0 atom stereocenters. The van der Waals surface area contributed by atoms with E-state index in [1.54, 1.807) is 30.3 Å². The van der Waals surface area contributed by atoms with Crippen molar-refractivity contribution in [3.8, 4) is 5.75 Å². The quantitative estimate of drug-likeness (QED) is 0.397. The lowest BCUT2D eigenvalue weighted by Crippen LogP contribution is -2.22. The Morgan fingerprint density at radius 3 is 2.19 bits per heavy atom. The maximum Gasteiger partial charge on any atom is 0.242 e. The molecule has 0 radical (unpaired) electrons. The molecule has 0 saturated carbocycles. The lowest BCUT2D eigenvalue weighted by molar-refractivity contribution is -0.116. The molecule has 1 N–H and O–H groups in total. The molecule has 0 bridgehead atoms. The SMILES string of the molecule is COc1ccc(S(=O)(=O)N(C)C)cc1CCC(=O)Nc1cccc(C(=O)c2ccc(C(C)(C)C)cc2)c1. The number of amides is 1. The van der Waals surface area contributed by atoms with E-state index in [0.717, 1.165) is 9.87 Å². The highest BCUT2D eigenvalue weighted by Gasteiger charge is 2.20. The standard InChI is InChI=1S/C29H34N2O5S/c1-29(2,3)23-13-10-20(11-14-23)28(33)22-8-7-9-24(18-22)30-27(32)17-12-21-19-25(15-16-26(21)36-6)37(34,35)31(4)5/h7-11,13-16,18-19H,12,17H2,1-6H3,(H,30,32). The number of ether oxygens (including phenoxy) is 1. The Morgan fingerprint density at radius 1 is 0.919 bits per heavy atom. The van der Waals surface area contributed by atoms with E-state index in [9.17, 15) is 18.0 Å². The van der Waals surface area contributed by atoms with E-state index in [2.05, 4.69) is 26.1 Å². The number of sulfonamides is 1. The Balaban J connectivity index is 1.70. The van der Waals surface area contributed by atoms with E-state index in [-0.39, 0.29) is 34.8 Å². The van der Waals surface area contributed by atoms with Crippen molar-refractivity contribution >= 4 is 27.4 Å². The van der Waals surface area contributed by atoms with Crippen molar-refractivity contribution < 1.29 is 22.7 Å². The molecule has 3 aromatic carbocycles. The molecule has 0 unspecified atom stereocenters. The molecule has 0 fully saturated rings. The van der Waals surface area contributed by atoms with Crippen LogP contribution in [-0.2, 0) is 26.7 Å². The van der Waals surface area contributed by atoms with Gasteiger partial charge in [0.1, 0.15) is 5.75 Å². The summed E-state index contributed by atoms with van der Waals surface area (Å²) < 4.78 is 31.5. The molecule has 7 nitrogen and oxygen atoms in total. The number of carbonyl (C=O) groups excluding carboxylic acids is 2. The van der Waals surface area contributed by atoms with Crippen LogP contribution in [0.4, 0.5) is 5.69 Å². The van der Waals surface area contributed by atoms with Crippen LogP contribution in [0.5, 0.6) is 5.75 Å². The summed E-state index contributed by atoms with van der Waals surface area (Å²) in [5.74, 6) is 0.123. The number of hydrogen-bond donors (Lipinski definition) is 1. The highest BCUT2D eigenvalue weighted by atomic mass is 32.2. The molecular formula is C29H34N2O5S. The molecule has 37 heavy (non-hydrogen) atoms. The molecule has 0 aliphatic rings. The molecule has 3 rings (SSSR count). The summed E-state index contributed by atoms with van der Waals surface area (Å²) in [5, 5.41) is 2.83. The lowest BCUT2D eigenvalue weighted by atomic mass is 9.86. The Kier molecular flexibility index (Phi) is 8.56. The van der Waals surface area contributed by atoms with Gasteiger partial charge in [0.05, 0.1) is 12.0 Å². The number of nitrogens with zero attached hydrogens (tertiary/aromatic N) is 1. The van der Waals surface area contributed by atoms with Gasteiger partial charge in [0.15, 0.2) is 5.78 Å². The number of aryl methyl sites for hydroxylation is 1. The van der Waals surface area contributed by atoms with E-state index in [4.69, 9.17) is 4.74 Å². The average Bonchev–Trinajstić information content (AvgIpc) is 2.86. The van der Waals surface area contributed by atoms with Crippen LogP contribution in [0.2, 0.25) is 0 Å². The first-order valence-electron chi connectivity index (χ1n) is 12.0. The zero-order valence-electron chi connectivity index (χ0n) is 22.2. The highest BCUT2D eigenvalue weighted by Crippen LogP contribution is 2.26. The summed E-state index contributed by atoms with van der Waals surface area (Å²) in [4.78, 5) is 25.8. The average molecular weight is 523 g/mol. The van der Waals surface area contributed by atoms with Crippen molar-refractivity contribution in [2.45, 2.75) is 43.9 Å². The number of nitrogens with one attached hydrogen (secondary N) is 1. The third-order valence-electron chi connectivity index (χ3n) is 6.07. The Labute approximate surface area is 219 Å². The minimum atomic E-state index is -3.61. The minimum absolute atomic E-state index is 0.00226. The van der Waals surface area contributed by atoms with Gasteiger partial charge in [-0.3, -0.25) is 9.59 Å². The van der Waals surface area contributed by atoms with E-state index in [1.807, 2.05) is 24.3 Å². The number of ketones is 1. The molecule has 0 aromatic heterocycles. The van der Waals surface area contributed by atoms with Crippen LogP contribution in [0.15, 0.2) is 71.6 Å². The number of carbonyl (C=O) groups is 2. The predicted octanol–water partition coefficient (Wildman–Crippen LogP) is 5.05. The molecule has 0 heterocycles. The summed E-state index contributed by atoms with van der Waals surface area (Å²) in [7, 11) is 0.816. The minimum Gasteiger partial charge on any atom is -0.496 e. The first kappa shape index (κ1) is 28.1. The van der Waals surface area contributed by atoms with Crippen LogP contribution in [-0.4, -0.2) is 45.6 Å². The van der Waals surface area contributed by atoms with Crippen molar-refractivity contribution in [3.05, 3.63) is 89.0 Å². The Hall–Kier alpha value is -3.49. The van der Waals surface area contributed by atoms with Crippen LogP contribution in [0, 0.1) is 0 Å². The summed E-state index contributed by atoms with van der Waals surface area (Å²) in [6.07, 6.45) is 0.388. The third kappa shape index (κ3) is 6.84. The fourth-order valence-electron chi connectivity index (χ4n) is 3.82. The number of methoxy groups -OCH3 is 1. The maximum atomic E-state index is 13.0. The van der Waals surface area contributed by atoms with Crippen LogP contribution >= 0.6 is 0 Å². The Morgan fingerprint density at radius 2 is 1.59 bits per heavy atom. The predicted molar refractivity (Wildman–Crippen MR) is 146 cm³/mol. The molecule has 196 valence electrons. The lowest BCUT2D eigenvalue weighted by Gasteiger charge is -2.19. The van der Waals surface area contributed by atoms with E-state index < -0.39 is 10.0 Å². The van der Waals surface area contributed by atoms with E-state index >= 15 is 0 Å². The second-order valence-electron chi connectivity index (χ2n) is 10.0. The number of anilines is 1. The molecule has 0 saturated heterocycles. The van der Waals surface area contributed by atoms with Gasteiger partial charge in [-0.1, -0.05) is 57.2 Å². The van der Waals surface area contributed by atoms with Gasteiger partial charge in [0, 0.05) is 37.3 Å². The number of benzene rings is 3. The fourth-order valence-corrected chi connectivity index (χ4v) is 4.77. The van der Waals surface area contributed by atoms with Crippen LogP contribution in [0.1, 0.15) is 54.2 Å². The fraction of sp³-hybridized carbons (Fsp3) is 0.310. The van der Waals surface area contributed by atoms with Gasteiger partial charge in [-0.05, 0) is 53.3 Å². The summed E-state index contributed by atoms with van der Waals surface area (Å²) in [6.45, 7) is 6.36. The van der Waals surface area contributed by atoms with E-state index in [1.165, 1.54) is 33.3 Å². The van der Waals surface area contributed by atoms with Crippen molar-refractivity contribution in [1.82, 2.24) is 4.31 Å². The van der Waals surface area contributed by atoms with Gasteiger partial charge in [0.2, 0.25) is 15.9 Å². The van der Waals surface area contributed by atoms with Crippen LogP contribution in [0.25, 0.3) is 0 Å². The van der Waals surface area contributed by atoms with Gasteiger partial charge in [0.25, 0.3) is 0 Å². The largest absolute Gasteiger partial charge is 0.496 e. The molecule has 8 heteroatoms. The topological polar surface area (TPSA) is 92.8 Å². The maximum absolute atomic E-state index is 13.0. The highest BCUT2D eigenvalue weighted by molar-refractivity contribution is 7.89. The van der Waals surface area contributed by atoms with Crippen LogP contribution in [0.3, 0.4) is 0 Å². The molecule has 0 spiro atoms. The number of rotatable bonds is 9. The summed E-state index contributed by atoms with van der Waals surface area (Å²) in [5.41, 5.74) is 3.33. The smallest absolute Gasteiger partial charge is 0.242 e. The molecular weight excluding hydrogens is 488 g/mol. The first-order valence-corrected chi connectivity index (χ1v) is 13.4. The zero-order valence-corrected chi connectivity index (χ0v) is 23.0. The first-order chi connectivity index (χ1) is 17.3. The Bertz CT molecular complexity index is 1390. The van der Waals surface area contributed by atoms with Gasteiger partial charge in [-0.15, -0.1) is 0 Å². The van der Waals surface area contributed by atoms with Gasteiger partial charge in [-0.25, -0.2) is 12.7 Å². The molecule has 3 aromatic rings. The van der Waals surface area contributed by atoms with Crippen LogP contribution < -0.4 is 10.1 Å². The van der Waals surface area contributed by atoms with Crippen molar-refractivity contribution in [2.24, 2.45) is 0 Å². The van der Waals surface area contributed by atoms with Crippen molar-refractivity contribution in [3.63, 3.8) is 0 Å². The molecule has 0 aliphatic heterocycles. The summed E-state index contributed by atoms with van der Waals surface area (Å²) >= 11 is 0. The monoisotopic (exact) mass is 522 g/mol. The second kappa shape index (κ2) is 11.3. The van der Waals surface area contributed by atoms with Gasteiger partial charge < -0.3 is 10.1 Å². The molecule has 1 amide bonds. The van der Waals surface area contributed by atoms with Crippen molar-refractivity contribution in [2.75, 3.05) is 26.5 Å². The molecule has 0 aliphatic carbocycles. The second-order valence-corrected chi connectivity index (χ2v) is 12.2. The van der Waals surface area contributed by atoms with Crippen molar-refractivity contribution in [1.29, 1.82) is 0 Å². The van der Waals surface area contributed by atoms with Gasteiger partial charge in [-0.2, -0.15) is 0 Å². The summed E-state index contributed by atoms with van der Waals surface area (Å²) in [6, 6.07) is 19.0. The zero-order chi connectivity index (χ0) is 27.4.